The molecule has 112 valence electrons. The van der Waals surface area contributed by atoms with Crippen LogP contribution in [0.5, 0.6) is 0 Å². The minimum absolute atomic E-state index is 0.140. The molecule has 0 radical (unpaired) electrons. The van der Waals surface area contributed by atoms with E-state index in [1.54, 1.807) is 11.3 Å². The predicted octanol–water partition coefficient (Wildman–Crippen LogP) is 3.72. The van der Waals surface area contributed by atoms with Gasteiger partial charge >= 0.3 is 0 Å². The largest absolute Gasteiger partial charge is 0.366 e. The third-order valence-electron chi connectivity index (χ3n) is 3.85. The fourth-order valence-electron chi connectivity index (χ4n) is 2.83. The van der Waals surface area contributed by atoms with E-state index in [-0.39, 0.29) is 12.1 Å². The molecule has 3 heterocycles. The van der Waals surface area contributed by atoms with E-state index in [2.05, 4.69) is 32.9 Å². The molecule has 0 unspecified atom stereocenters. The number of nitrogen functional groups attached to an aromatic ring is 1. The van der Waals surface area contributed by atoms with Crippen molar-refractivity contribution >= 4 is 34.8 Å². The molecule has 0 saturated heterocycles. The molecule has 0 saturated carbocycles. The molecule has 5 nitrogen and oxygen atoms in total. The van der Waals surface area contributed by atoms with Gasteiger partial charge in [-0.25, -0.2) is 4.68 Å². The Hall–Kier alpha value is -2.05. The van der Waals surface area contributed by atoms with E-state index in [0.717, 1.165) is 11.4 Å². The maximum atomic E-state index is 5.98. The average molecular weight is 332 g/mol. The number of fused-ring (bicyclic) bond motifs is 1. The van der Waals surface area contributed by atoms with Gasteiger partial charge in [-0.1, -0.05) is 29.8 Å². The van der Waals surface area contributed by atoms with Crippen LogP contribution in [0, 0.1) is 0 Å². The molecule has 0 aliphatic carbocycles. The standard InChI is InChI=1S/C15H14ClN5S/c16-10-5-3-9(4-6-10)11-8-12(13-2-1-7-22-13)21-15(18-11)19-14(17)20-21/h1-7,11-12H,8H2,(H3,17,18,19,20)/t11-,12-/m0/s1. The van der Waals surface area contributed by atoms with Gasteiger partial charge in [0.1, 0.15) is 0 Å². The molecule has 0 amide bonds. The number of anilines is 2. The van der Waals surface area contributed by atoms with Crippen molar-refractivity contribution in [1.82, 2.24) is 14.8 Å². The zero-order valence-corrected chi connectivity index (χ0v) is 13.2. The molecule has 1 aromatic carbocycles. The van der Waals surface area contributed by atoms with Gasteiger partial charge in [0.15, 0.2) is 0 Å². The number of benzene rings is 1. The maximum absolute atomic E-state index is 5.98. The molecule has 1 aliphatic rings. The second-order valence-electron chi connectivity index (χ2n) is 5.25. The Morgan fingerprint density at radius 3 is 2.82 bits per heavy atom. The summed E-state index contributed by atoms with van der Waals surface area (Å²) < 4.78 is 1.88. The quantitative estimate of drug-likeness (QED) is 0.751. The highest BCUT2D eigenvalue weighted by atomic mass is 35.5. The summed E-state index contributed by atoms with van der Waals surface area (Å²) in [6.07, 6.45) is 0.887. The van der Waals surface area contributed by atoms with Crippen molar-refractivity contribution in [3.8, 4) is 0 Å². The Morgan fingerprint density at radius 2 is 2.09 bits per heavy atom. The second-order valence-corrected chi connectivity index (χ2v) is 6.67. The molecule has 3 aromatic rings. The van der Waals surface area contributed by atoms with Crippen LogP contribution >= 0.6 is 22.9 Å². The zero-order chi connectivity index (χ0) is 15.1. The van der Waals surface area contributed by atoms with Crippen molar-refractivity contribution in [2.24, 2.45) is 0 Å². The number of hydrogen-bond acceptors (Lipinski definition) is 5. The number of halogens is 1. The lowest BCUT2D eigenvalue weighted by Crippen LogP contribution is -2.27. The van der Waals surface area contributed by atoms with Crippen LogP contribution in [-0.4, -0.2) is 14.8 Å². The molecule has 0 spiro atoms. The van der Waals surface area contributed by atoms with Gasteiger partial charge < -0.3 is 11.1 Å². The smallest absolute Gasteiger partial charge is 0.241 e. The summed E-state index contributed by atoms with van der Waals surface area (Å²) in [5, 5.41) is 10.6. The van der Waals surface area contributed by atoms with E-state index >= 15 is 0 Å². The SMILES string of the molecule is Nc1nc2n(n1)[C@H](c1cccs1)C[C@@H](c1ccc(Cl)cc1)N2. The molecule has 2 aromatic heterocycles. The number of nitrogens with zero attached hydrogens (tertiary/aromatic N) is 3. The lowest BCUT2D eigenvalue weighted by atomic mass is 9.97. The van der Waals surface area contributed by atoms with Gasteiger partial charge in [0.05, 0.1) is 12.1 Å². The topological polar surface area (TPSA) is 68.8 Å². The van der Waals surface area contributed by atoms with Crippen molar-refractivity contribution in [2.75, 3.05) is 11.1 Å². The number of aromatic nitrogens is 3. The Morgan fingerprint density at radius 1 is 1.27 bits per heavy atom. The van der Waals surface area contributed by atoms with Gasteiger partial charge in [-0.2, -0.15) is 4.98 Å². The third kappa shape index (κ3) is 2.34. The third-order valence-corrected chi connectivity index (χ3v) is 5.07. The van der Waals surface area contributed by atoms with Crippen LogP contribution in [0.3, 0.4) is 0 Å². The summed E-state index contributed by atoms with van der Waals surface area (Å²) in [5.41, 5.74) is 6.96. The van der Waals surface area contributed by atoms with Crippen molar-refractivity contribution in [3.05, 3.63) is 57.2 Å². The Bertz CT molecular complexity index is 781. The van der Waals surface area contributed by atoms with Crippen LogP contribution in [0.2, 0.25) is 5.02 Å². The Balaban J connectivity index is 1.74. The molecule has 4 rings (SSSR count). The lowest BCUT2D eigenvalue weighted by Gasteiger charge is -2.30. The number of nitrogens with two attached hydrogens (primary N) is 1. The van der Waals surface area contributed by atoms with Gasteiger partial charge in [0.2, 0.25) is 11.9 Å². The van der Waals surface area contributed by atoms with Gasteiger partial charge in [0.25, 0.3) is 0 Å². The highest BCUT2D eigenvalue weighted by molar-refractivity contribution is 7.10. The summed E-state index contributed by atoms with van der Waals surface area (Å²) >= 11 is 7.71. The number of rotatable bonds is 2. The van der Waals surface area contributed by atoms with E-state index in [1.807, 2.05) is 28.9 Å². The molecular weight excluding hydrogens is 318 g/mol. The van der Waals surface area contributed by atoms with Gasteiger partial charge in [0, 0.05) is 9.90 Å². The zero-order valence-electron chi connectivity index (χ0n) is 11.6. The number of nitrogens with one attached hydrogen (secondary N) is 1. The highest BCUT2D eigenvalue weighted by Crippen LogP contribution is 2.39. The minimum Gasteiger partial charge on any atom is -0.366 e. The molecular formula is C15H14ClN5S. The van der Waals surface area contributed by atoms with Crippen LogP contribution in [0.4, 0.5) is 11.9 Å². The van der Waals surface area contributed by atoms with Crippen molar-refractivity contribution in [2.45, 2.75) is 18.5 Å². The summed E-state index contributed by atoms with van der Waals surface area (Å²) in [6, 6.07) is 12.4. The molecule has 3 N–H and O–H groups in total. The first-order valence-corrected chi connectivity index (χ1v) is 8.24. The summed E-state index contributed by atoms with van der Waals surface area (Å²) in [5.74, 6) is 1.00. The Kier molecular flexibility index (Phi) is 3.28. The van der Waals surface area contributed by atoms with Crippen molar-refractivity contribution in [3.63, 3.8) is 0 Å². The average Bonchev–Trinajstić information content (AvgIpc) is 3.15. The predicted molar refractivity (Wildman–Crippen MR) is 89.3 cm³/mol. The van der Waals surface area contributed by atoms with Gasteiger partial charge in [-0.05, 0) is 35.6 Å². The first-order chi connectivity index (χ1) is 10.7. The summed E-state index contributed by atoms with van der Waals surface area (Å²) in [6.45, 7) is 0. The monoisotopic (exact) mass is 331 g/mol. The molecule has 0 bridgehead atoms. The van der Waals surface area contributed by atoms with Crippen LogP contribution in [-0.2, 0) is 0 Å². The molecule has 0 fully saturated rings. The highest BCUT2D eigenvalue weighted by Gasteiger charge is 2.31. The van der Waals surface area contributed by atoms with Crippen LogP contribution in [0.25, 0.3) is 0 Å². The molecule has 2 atom stereocenters. The molecule has 1 aliphatic heterocycles. The summed E-state index contributed by atoms with van der Waals surface area (Å²) in [7, 11) is 0. The van der Waals surface area contributed by atoms with Crippen LogP contribution in [0.15, 0.2) is 41.8 Å². The number of hydrogen-bond donors (Lipinski definition) is 2. The van der Waals surface area contributed by atoms with E-state index in [4.69, 9.17) is 17.3 Å². The van der Waals surface area contributed by atoms with Crippen LogP contribution in [0.1, 0.15) is 28.9 Å². The summed E-state index contributed by atoms with van der Waals surface area (Å²) in [4.78, 5) is 5.56. The van der Waals surface area contributed by atoms with Crippen LogP contribution < -0.4 is 11.1 Å². The van der Waals surface area contributed by atoms with Gasteiger partial charge in [-0.3, -0.25) is 0 Å². The molecule has 22 heavy (non-hydrogen) atoms. The van der Waals surface area contributed by atoms with Gasteiger partial charge in [-0.15, -0.1) is 16.4 Å². The number of thiophene rings is 1. The fraction of sp³-hybridized carbons (Fsp3) is 0.200. The lowest BCUT2D eigenvalue weighted by molar-refractivity contribution is 0.437. The Labute approximate surface area is 136 Å². The first kappa shape index (κ1) is 13.6. The van der Waals surface area contributed by atoms with Crippen molar-refractivity contribution < 1.29 is 0 Å². The van der Waals surface area contributed by atoms with E-state index in [1.165, 1.54) is 10.4 Å². The van der Waals surface area contributed by atoms with E-state index in [0.29, 0.717) is 11.9 Å². The maximum Gasteiger partial charge on any atom is 0.241 e. The molecule has 7 heteroatoms. The van der Waals surface area contributed by atoms with E-state index in [9.17, 15) is 0 Å². The fourth-order valence-corrected chi connectivity index (χ4v) is 3.78. The van der Waals surface area contributed by atoms with E-state index < -0.39 is 0 Å². The minimum atomic E-state index is 0.140. The van der Waals surface area contributed by atoms with Crippen molar-refractivity contribution in [1.29, 1.82) is 0 Å². The first-order valence-electron chi connectivity index (χ1n) is 6.98. The normalized spacial score (nSPS) is 20.4. The second kappa shape index (κ2) is 5.30.